The minimum atomic E-state index is -0.767. The highest BCUT2D eigenvalue weighted by Gasteiger charge is 2.40. The number of benzene rings is 1. The van der Waals surface area contributed by atoms with E-state index < -0.39 is 5.60 Å². The van der Waals surface area contributed by atoms with Crippen LogP contribution in [0.2, 0.25) is 0 Å². The summed E-state index contributed by atoms with van der Waals surface area (Å²) in [6.07, 6.45) is 4.76. The van der Waals surface area contributed by atoms with E-state index >= 15 is 0 Å². The first-order valence-electron chi connectivity index (χ1n) is 7.31. The third kappa shape index (κ3) is 3.25. The molecule has 3 N–H and O–H groups in total. The van der Waals surface area contributed by atoms with E-state index in [9.17, 15) is 15.3 Å². The Bertz CT molecular complexity index is 453. The molecule has 20 heavy (non-hydrogen) atoms. The minimum Gasteiger partial charge on any atom is -0.508 e. The molecular weight excluding hydrogens is 254 g/mol. The van der Waals surface area contributed by atoms with Gasteiger partial charge in [-0.2, -0.15) is 0 Å². The van der Waals surface area contributed by atoms with Gasteiger partial charge in [0.2, 0.25) is 0 Å². The molecule has 0 heterocycles. The van der Waals surface area contributed by atoms with Crippen molar-refractivity contribution in [3.8, 4) is 11.5 Å². The standard InChI is InChI=1S/C16H25NO3/c1-17(2)11-14(16(20)8-4-3-5-9-16)13-7-6-12(18)10-15(13)19/h6-7,10,14,18-20H,3-5,8-9,11H2,1-2H3. The predicted molar refractivity (Wildman–Crippen MR) is 79.1 cm³/mol. The number of rotatable bonds is 4. The second-order valence-corrected chi connectivity index (χ2v) is 6.22. The lowest BCUT2D eigenvalue weighted by Crippen LogP contribution is -2.42. The van der Waals surface area contributed by atoms with Crippen LogP contribution >= 0.6 is 0 Å². The Hall–Kier alpha value is -1.26. The lowest BCUT2D eigenvalue weighted by molar-refractivity contribution is -0.0283. The van der Waals surface area contributed by atoms with Gasteiger partial charge in [-0.15, -0.1) is 0 Å². The molecule has 112 valence electrons. The highest BCUT2D eigenvalue weighted by molar-refractivity contribution is 5.42. The summed E-state index contributed by atoms with van der Waals surface area (Å²) in [5.41, 5.74) is -0.0438. The van der Waals surface area contributed by atoms with E-state index in [0.29, 0.717) is 6.54 Å². The van der Waals surface area contributed by atoms with Crippen molar-refractivity contribution < 1.29 is 15.3 Å². The maximum absolute atomic E-state index is 11.0. The first-order chi connectivity index (χ1) is 9.42. The van der Waals surface area contributed by atoms with Crippen molar-refractivity contribution in [2.45, 2.75) is 43.6 Å². The molecule has 4 heteroatoms. The summed E-state index contributed by atoms with van der Waals surface area (Å²) in [7, 11) is 3.94. The molecule has 1 aromatic rings. The molecule has 2 rings (SSSR count). The lowest BCUT2D eigenvalue weighted by atomic mass is 9.72. The summed E-state index contributed by atoms with van der Waals surface area (Å²) in [5.74, 6) is -0.0280. The van der Waals surface area contributed by atoms with E-state index in [2.05, 4.69) is 0 Å². The van der Waals surface area contributed by atoms with Crippen LogP contribution in [0.4, 0.5) is 0 Å². The average Bonchev–Trinajstić information content (AvgIpc) is 2.37. The van der Waals surface area contributed by atoms with Gasteiger partial charge in [-0.3, -0.25) is 0 Å². The SMILES string of the molecule is CN(C)CC(c1ccc(O)cc1O)C1(O)CCCCC1. The molecule has 0 amide bonds. The van der Waals surface area contributed by atoms with Crippen molar-refractivity contribution >= 4 is 0 Å². The summed E-state index contributed by atoms with van der Waals surface area (Å²) >= 11 is 0. The molecule has 0 saturated heterocycles. The monoisotopic (exact) mass is 279 g/mol. The number of aliphatic hydroxyl groups is 1. The Morgan fingerprint density at radius 2 is 1.80 bits per heavy atom. The van der Waals surface area contributed by atoms with Crippen LogP contribution < -0.4 is 0 Å². The zero-order valence-corrected chi connectivity index (χ0v) is 12.3. The molecule has 0 aliphatic heterocycles. The van der Waals surface area contributed by atoms with Gasteiger partial charge in [0.15, 0.2) is 0 Å². The quantitative estimate of drug-likeness (QED) is 0.792. The molecule has 0 spiro atoms. The molecule has 0 bridgehead atoms. The molecule has 4 nitrogen and oxygen atoms in total. The van der Waals surface area contributed by atoms with Gasteiger partial charge < -0.3 is 20.2 Å². The van der Waals surface area contributed by atoms with E-state index in [1.54, 1.807) is 12.1 Å². The molecule has 1 aromatic carbocycles. The molecule has 1 aliphatic rings. The van der Waals surface area contributed by atoms with Crippen LogP contribution in [0.15, 0.2) is 18.2 Å². The van der Waals surface area contributed by atoms with Gasteiger partial charge in [0.05, 0.1) is 5.60 Å². The molecule has 0 radical (unpaired) electrons. The van der Waals surface area contributed by atoms with Crippen molar-refractivity contribution in [3.05, 3.63) is 23.8 Å². The van der Waals surface area contributed by atoms with Crippen molar-refractivity contribution in [2.24, 2.45) is 0 Å². The maximum Gasteiger partial charge on any atom is 0.122 e. The fourth-order valence-corrected chi connectivity index (χ4v) is 3.26. The average molecular weight is 279 g/mol. The summed E-state index contributed by atoms with van der Waals surface area (Å²) in [6.45, 7) is 0.675. The van der Waals surface area contributed by atoms with Crippen molar-refractivity contribution in [1.29, 1.82) is 0 Å². The van der Waals surface area contributed by atoms with Crippen molar-refractivity contribution in [1.82, 2.24) is 4.90 Å². The number of hydrogen-bond donors (Lipinski definition) is 3. The molecule has 1 atom stereocenters. The van der Waals surface area contributed by atoms with E-state index in [1.165, 1.54) is 12.5 Å². The third-order valence-corrected chi connectivity index (χ3v) is 4.31. The topological polar surface area (TPSA) is 63.9 Å². The Morgan fingerprint density at radius 3 is 2.35 bits per heavy atom. The van der Waals surface area contributed by atoms with Crippen molar-refractivity contribution in [3.63, 3.8) is 0 Å². The van der Waals surface area contributed by atoms with Gasteiger partial charge in [0, 0.05) is 24.1 Å². The molecule has 1 saturated carbocycles. The third-order valence-electron chi connectivity index (χ3n) is 4.31. The van der Waals surface area contributed by atoms with Gasteiger partial charge in [-0.05, 0) is 33.0 Å². The summed E-state index contributed by atoms with van der Waals surface area (Å²) < 4.78 is 0. The number of phenolic OH excluding ortho intramolecular Hbond substituents is 2. The molecule has 1 unspecified atom stereocenters. The Labute approximate surface area is 120 Å². The van der Waals surface area contributed by atoms with Crippen molar-refractivity contribution in [2.75, 3.05) is 20.6 Å². The zero-order chi connectivity index (χ0) is 14.8. The molecule has 1 fully saturated rings. The molecular formula is C16H25NO3. The van der Waals surface area contributed by atoms with E-state index in [1.807, 2.05) is 19.0 Å². The van der Waals surface area contributed by atoms with Crippen LogP contribution in [-0.2, 0) is 0 Å². The normalized spacial score (nSPS) is 20.0. The first-order valence-corrected chi connectivity index (χ1v) is 7.31. The Kier molecular flexibility index (Phi) is 4.55. The molecule has 0 aromatic heterocycles. The fourth-order valence-electron chi connectivity index (χ4n) is 3.26. The van der Waals surface area contributed by atoms with Gasteiger partial charge in [0.1, 0.15) is 11.5 Å². The van der Waals surface area contributed by atoms with Crippen LogP contribution in [0.1, 0.15) is 43.6 Å². The smallest absolute Gasteiger partial charge is 0.122 e. The van der Waals surface area contributed by atoms with E-state index in [4.69, 9.17) is 0 Å². The van der Waals surface area contributed by atoms with Crippen LogP contribution in [0.3, 0.4) is 0 Å². The van der Waals surface area contributed by atoms with Crippen LogP contribution in [0.25, 0.3) is 0 Å². The number of hydrogen-bond acceptors (Lipinski definition) is 4. The van der Waals surface area contributed by atoms with E-state index in [-0.39, 0.29) is 17.4 Å². The zero-order valence-electron chi connectivity index (χ0n) is 12.3. The predicted octanol–water partition coefficient (Wildman–Crippen LogP) is 2.44. The molecule has 1 aliphatic carbocycles. The second-order valence-electron chi connectivity index (χ2n) is 6.22. The lowest BCUT2D eigenvalue weighted by Gasteiger charge is -2.41. The number of nitrogens with zero attached hydrogens (tertiary/aromatic N) is 1. The largest absolute Gasteiger partial charge is 0.508 e. The van der Waals surface area contributed by atoms with Crippen LogP contribution in [0, 0.1) is 0 Å². The Morgan fingerprint density at radius 1 is 1.15 bits per heavy atom. The number of phenols is 2. The number of likely N-dealkylation sites (N-methyl/N-ethyl adjacent to an activating group) is 1. The first kappa shape index (κ1) is 15.1. The highest BCUT2D eigenvalue weighted by atomic mass is 16.3. The second kappa shape index (κ2) is 6.02. The van der Waals surface area contributed by atoms with Gasteiger partial charge >= 0.3 is 0 Å². The van der Waals surface area contributed by atoms with Gasteiger partial charge in [-0.25, -0.2) is 0 Å². The fraction of sp³-hybridized carbons (Fsp3) is 0.625. The minimum absolute atomic E-state index is 0.0467. The Balaban J connectivity index is 2.35. The van der Waals surface area contributed by atoms with Crippen LogP contribution in [-0.4, -0.2) is 46.5 Å². The number of aromatic hydroxyl groups is 2. The summed E-state index contributed by atoms with van der Waals surface area (Å²) in [4.78, 5) is 2.03. The van der Waals surface area contributed by atoms with Gasteiger partial charge in [-0.1, -0.05) is 25.3 Å². The highest BCUT2D eigenvalue weighted by Crippen LogP contribution is 2.43. The van der Waals surface area contributed by atoms with Crippen LogP contribution in [0.5, 0.6) is 11.5 Å². The summed E-state index contributed by atoms with van der Waals surface area (Å²) in [6, 6.07) is 4.65. The van der Waals surface area contributed by atoms with Gasteiger partial charge in [0.25, 0.3) is 0 Å². The summed E-state index contributed by atoms with van der Waals surface area (Å²) in [5, 5.41) is 30.6. The maximum atomic E-state index is 11.0. The van der Waals surface area contributed by atoms with E-state index in [0.717, 1.165) is 31.2 Å².